The van der Waals surface area contributed by atoms with Crippen molar-refractivity contribution in [1.29, 1.82) is 0 Å². The van der Waals surface area contributed by atoms with Crippen LogP contribution in [0.15, 0.2) is 65.9 Å². The summed E-state index contributed by atoms with van der Waals surface area (Å²) in [6.45, 7) is 2.43. The van der Waals surface area contributed by atoms with Crippen molar-refractivity contribution in [3.63, 3.8) is 0 Å². The third-order valence-electron chi connectivity index (χ3n) is 4.19. The van der Waals surface area contributed by atoms with Gasteiger partial charge in [0.25, 0.3) is 0 Å². The van der Waals surface area contributed by atoms with Gasteiger partial charge in [0.15, 0.2) is 11.5 Å². The van der Waals surface area contributed by atoms with Crippen molar-refractivity contribution in [2.24, 2.45) is 5.10 Å². The van der Waals surface area contributed by atoms with Crippen LogP contribution < -0.4 is 14.9 Å². The molecule has 1 aromatic heterocycles. The number of anilines is 1. The predicted molar refractivity (Wildman–Crippen MR) is 109 cm³/mol. The Morgan fingerprint density at radius 2 is 1.80 bits per heavy atom. The van der Waals surface area contributed by atoms with E-state index in [1.54, 1.807) is 25.3 Å². The highest BCUT2D eigenvalue weighted by molar-refractivity contribution is 5.81. The maximum absolute atomic E-state index is 12.6. The molecule has 0 bridgehead atoms. The van der Waals surface area contributed by atoms with Crippen LogP contribution in [0.5, 0.6) is 11.5 Å². The van der Waals surface area contributed by atoms with Crippen LogP contribution in [0.3, 0.4) is 0 Å². The van der Waals surface area contributed by atoms with E-state index in [2.05, 4.69) is 15.5 Å². The van der Waals surface area contributed by atoms with Crippen molar-refractivity contribution in [3.8, 4) is 11.5 Å². The van der Waals surface area contributed by atoms with Crippen molar-refractivity contribution < 1.29 is 22.6 Å². The summed E-state index contributed by atoms with van der Waals surface area (Å²) in [7, 11) is 1.54. The number of halogens is 3. The number of aryl methyl sites for hydroxylation is 1. The van der Waals surface area contributed by atoms with E-state index < -0.39 is 11.7 Å². The molecule has 3 aromatic rings. The molecule has 8 heteroatoms. The maximum atomic E-state index is 12.6. The molecule has 1 heterocycles. The first-order chi connectivity index (χ1) is 14.3. The molecule has 0 fully saturated rings. The Morgan fingerprint density at radius 1 is 1.03 bits per heavy atom. The summed E-state index contributed by atoms with van der Waals surface area (Å²) in [6, 6.07) is 15.5. The van der Waals surface area contributed by atoms with Crippen LogP contribution in [0.2, 0.25) is 0 Å². The first-order valence-corrected chi connectivity index (χ1v) is 9.04. The smallest absolute Gasteiger partial charge is 0.417 e. The second-order valence-electron chi connectivity index (χ2n) is 6.48. The number of hydrogen-bond acceptors (Lipinski definition) is 5. The largest absolute Gasteiger partial charge is 0.493 e. The van der Waals surface area contributed by atoms with Gasteiger partial charge in [-0.05, 0) is 48.4 Å². The van der Waals surface area contributed by atoms with Gasteiger partial charge in [0.1, 0.15) is 12.4 Å². The number of pyridine rings is 1. The second-order valence-corrected chi connectivity index (χ2v) is 6.48. The molecule has 156 valence electrons. The fourth-order valence-corrected chi connectivity index (χ4v) is 2.53. The summed E-state index contributed by atoms with van der Waals surface area (Å²) in [6.07, 6.45) is -2.17. The van der Waals surface area contributed by atoms with Crippen molar-refractivity contribution >= 4 is 12.0 Å². The number of rotatable bonds is 7. The second kappa shape index (κ2) is 9.30. The molecule has 0 saturated heterocycles. The first-order valence-electron chi connectivity index (χ1n) is 9.04. The number of nitrogens with one attached hydrogen (secondary N) is 1. The number of alkyl halides is 3. The normalized spacial score (nSPS) is 11.5. The van der Waals surface area contributed by atoms with Gasteiger partial charge in [0.05, 0.1) is 18.9 Å². The Kier molecular flexibility index (Phi) is 6.56. The van der Waals surface area contributed by atoms with E-state index >= 15 is 0 Å². The van der Waals surface area contributed by atoms with Gasteiger partial charge in [-0.15, -0.1) is 0 Å². The summed E-state index contributed by atoms with van der Waals surface area (Å²) in [5, 5.41) is 4.00. The lowest BCUT2D eigenvalue weighted by Crippen LogP contribution is -2.05. The minimum atomic E-state index is -4.42. The predicted octanol–water partition coefficient (Wildman–Crippen LogP) is 5.44. The number of hydrazone groups is 1. The molecule has 0 amide bonds. The van der Waals surface area contributed by atoms with Crippen LogP contribution in [0.1, 0.15) is 22.3 Å². The molecule has 0 aliphatic carbocycles. The van der Waals surface area contributed by atoms with Gasteiger partial charge >= 0.3 is 6.18 Å². The molecule has 3 rings (SSSR count). The summed E-state index contributed by atoms with van der Waals surface area (Å²) in [4.78, 5) is 3.69. The van der Waals surface area contributed by atoms with Crippen LogP contribution in [0.25, 0.3) is 0 Å². The Bertz CT molecular complexity index is 1000. The zero-order valence-corrected chi connectivity index (χ0v) is 16.4. The lowest BCUT2D eigenvalue weighted by atomic mass is 10.2. The number of benzene rings is 2. The lowest BCUT2D eigenvalue weighted by Gasteiger charge is -2.11. The highest BCUT2D eigenvalue weighted by atomic mass is 19.4. The molecule has 0 radical (unpaired) electrons. The van der Waals surface area contributed by atoms with Crippen molar-refractivity contribution in [2.75, 3.05) is 12.5 Å². The van der Waals surface area contributed by atoms with Crippen LogP contribution in [0.4, 0.5) is 19.0 Å². The molecule has 0 aliphatic heterocycles. The fraction of sp³-hybridized carbons (Fsp3) is 0.182. The molecule has 0 spiro atoms. The highest BCUT2D eigenvalue weighted by Crippen LogP contribution is 2.29. The standard InChI is InChI=1S/C22H20F3N3O2/c1-15-3-5-16(6-4-15)14-30-19-9-7-17(11-20(19)29-2)12-27-28-21-10-8-18(13-26-21)22(23,24)25/h3-13H,14H2,1-2H3,(H,26,28)/b27-12-. The molecule has 0 saturated carbocycles. The topological polar surface area (TPSA) is 55.7 Å². The number of methoxy groups -OCH3 is 1. The van der Waals surface area contributed by atoms with E-state index in [0.717, 1.165) is 17.8 Å². The lowest BCUT2D eigenvalue weighted by molar-refractivity contribution is -0.137. The average Bonchev–Trinajstić information content (AvgIpc) is 2.73. The van der Waals surface area contributed by atoms with Gasteiger partial charge in [-0.25, -0.2) is 4.98 Å². The number of hydrogen-bond donors (Lipinski definition) is 1. The van der Waals surface area contributed by atoms with E-state index in [4.69, 9.17) is 9.47 Å². The van der Waals surface area contributed by atoms with Crippen LogP contribution in [0, 0.1) is 6.92 Å². The van der Waals surface area contributed by atoms with E-state index in [1.807, 2.05) is 31.2 Å². The summed E-state index contributed by atoms with van der Waals surface area (Å²) in [5.41, 5.74) is 4.72. The Labute approximate surface area is 172 Å². The van der Waals surface area contributed by atoms with Gasteiger partial charge in [0, 0.05) is 6.20 Å². The number of aromatic nitrogens is 1. The summed E-state index contributed by atoms with van der Waals surface area (Å²) >= 11 is 0. The average molecular weight is 415 g/mol. The molecular weight excluding hydrogens is 395 g/mol. The summed E-state index contributed by atoms with van der Waals surface area (Å²) < 4.78 is 48.9. The quantitative estimate of drug-likeness (QED) is 0.412. The Morgan fingerprint density at radius 3 is 2.43 bits per heavy atom. The van der Waals surface area contributed by atoms with Gasteiger partial charge < -0.3 is 9.47 Å². The first kappa shape index (κ1) is 21.2. The van der Waals surface area contributed by atoms with Crippen molar-refractivity contribution in [1.82, 2.24) is 4.98 Å². The van der Waals surface area contributed by atoms with Crippen LogP contribution >= 0.6 is 0 Å². The SMILES string of the molecule is COc1cc(/C=N\Nc2ccc(C(F)(F)F)cn2)ccc1OCc1ccc(C)cc1. The van der Waals surface area contributed by atoms with Crippen LogP contribution in [-0.4, -0.2) is 18.3 Å². The third-order valence-corrected chi connectivity index (χ3v) is 4.19. The van der Waals surface area contributed by atoms with Crippen molar-refractivity contribution in [2.45, 2.75) is 19.7 Å². The van der Waals surface area contributed by atoms with Gasteiger partial charge in [0.2, 0.25) is 0 Å². The zero-order valence-electron chi connectivity index (χ0n) is 16.4. The van der Waals surface area contributed by atoms with Crippen molar-refractivity contribution in [3.05, 3.63) is 83.0 Å². The van der Waals surface area contributed by atoms with E-state index in [0.29, 0.717) is 23.7 Å². The minimum absolute atomic E-state index is 0.198. The van der Waals surface area contributed by atoms with Gasteiger partial charge in [-0.1, -0.05) is 29.8 Å². The fourth-order valence-electron chi connectivity index (χ4n) is 2.53. The monoisotopic (exact) mass is 415 g/mol. The molecule has 1 N–H and O–H groups in total. The highest BCUT2D eigenvalue weighted by Gasteiger charge is 2.30. The molecule has 30 heavy (non-hydrogen) atoms. The number of nitrogens with zero attached hydrogens (tertiary/aromatic N) is 2. The van der Waals surface area contributed by atoms with E-state index in [-0.39, 0.29) is 5.82 Å². The zero-order chi connectivity index (χ0) is 21.6. The molecule has 0 atom stereocenters. The van der Waals surface area contributed by atoms with Crippen LogP contribution in [-0.2, 0) is 12.8 Å². The Balaban J connectivity index is 1.61. The number of ether oxygens (including phenoxy) is 2. The molecule has 0 aliphatic rings. The third kappa shape index (κ3) is 5.73. The Hall–Kier alpha value is -3.55. The minimum Gasteiger partial charge on any atom is -0.493 e. The maximum Gasteiger partial charge on any atom is 0.417 e. The van der Waals surface area contributed by atoms with Gasteiger partial charge in [-0.3, -0.25) is 5.43 Å². The van der Waals surface area contributed by atoms with E-state index in [9.17, 15) is 13.2 Å². The molecule has 5 nitrogen and oxygen atoms in total. The molecular formula is C22H20F3N3O2. The van der Waals surface area contributed by atoms with Gasteiger partial charge in [-0.2, -0.15) is 18.3 Å². The molecule has 0 unspecified atom stereocenters. The van der Waals surface area contributed by atoms with E-state index in [1.165, 1.54) is 17.8 Å². The summed E-state index contributed by atoms with van der Waals surface area (Å²) in [5.74, 6) is 1.33. The molecule has 2 aromatic carbocycles.